The summed E-state index contributed by atoms with van der Waals surface area (Å²) in [7, 11) is 0.702. The van der Waals surface area contributed by atoms with E-state index in [9.17, 15) is 0 Å². The van der Waals surface area contributed by atoms with Crippen molar-refractivity contribution in [3.05, 3.63) is 0 Å². The van der Waals surface area contributed by atoms with Gasteiger partial charge in [-0.3, -0.25) is 0 Å². The van der Waals surface area contributed by atoms with Gasteiger partial charge in [0.2, 0.25) is 0 Å². The third kappa shape index (κ3) is 3.89. The Labute approximate surface area is 96.1 Å². The third-order valence-electron chi connectivity index (χ3n) is 3.88. The van der Waals surface area contributed by atoms with Crippen molar-refractivity contribution < 1.29 is 4.43 Å². The highest BCUT2D eigenvalue weighted by molar-refractivity contribution is 6.74. The Morgan fingerprint density at radius 2 is 1.80 bits per heavy atom. The highest BCUT2D eigenvalue weighted by atomic mass is 28.4. The van der Waals surface area contributed by atoms with Gasteiger partial charge in [0.15, 0.2) is 8.32 Å². The van der Waals surface area contributed by atoms with Crippen molar-refractivity contribution >= 4 is 8.32 Å². The molecule has 0 amide bonds. The molecule has 3 heteroatoms. The molecule has 0 atom stereocenters. The summed E-state index contributed by atoms with van der Waals surface area (Å²) in [5.41, 5.74) is 0. The lowest BCUT2D eigenvalue weighted by atomic mass is 10.2. The van der Waals surface area contributed by atoms with Gasteiger partial charge in [-0.2, -0.15) is 0 Å². The lowest BCUT2D eigenvalue weighted by molar-refractivity contribution is 0.218. The molecule has 0 aromatic heterocycles. The van der Waals surface area contributed by atoms with Crippen molar-refractivity contribution in [3.8, 4) is 0 Å². The van der Waals surface area contributed by atoms with Gasteiger partial charge in [0.25, 0.3) is 0 Å². The topological polar surface area (TPSA) is 12.5 Å². The van der Waals surface area contributed by atoms with Gasteiger partial charge in [-0.15, -0.1) is 0 Å². The van der Waals surface area contributed by atoms with Crippen LogP contribution in [0.3, 0.4) is 0 Å². The molecule has 0 aliphatic heterocycles. The van der Waals surface area contributed by atoms with Crippen LogP contribution in [0.5, 0.6) is 0 Å². The zero-order valence-corrected chi connectivity index (χ0v) is 12.3. The van der Waals surface area contributed by atoms with E-state index in [1.807, 2.05) is 0 Å². The largest absolute Gasteiger partial charge is 0.416 e. The maximum absolute atomic E-state index is 6.14. The molecule has 90 valence electrons. The van der Waals surface area contributed by atoms with Crippen molar-refractivity contribution in [2.75, 3.05) is 20.2 Å². The summed E-state index contributed by atoms with van der Waals surface area (Å²) in [4.78, 5) is 2.44. The summed E-state index contributed by atoms with van der Waals surface area (Å²) < 4.78 is 6.14. The van der Waals surface area contributed by atoms with Crippen LogP contribution in [0.1, 0.15) is 33.6 Å². The first-order valence-electron chi connectivity index (χ1n) is 6.08. The van der Waals surface area contributed by atoms with Crippen LogP contribution in [0.25, 0.3) is 0 Å². The quantitative estimate of drug-likeness (QED) is 0.672. The van der Waals surface area contributed by atoms with E-state index in [1.165, 1.54) is 12.8 Å². The SMILES string of the molecule is CN(CCO[Si](C)(C)C(C)(C)C)C1CC1. The minimum Gasteiger partial charge on any atom is -0.416 e. The Morgan fingerprint density at radius 3 is 2.20 bits per heavy atom. The molecular weight excluding hydrogens is 202 g/mol. The lowest BCUT2D eigenvalue weighted by Crippen LogP contribution is -2.42. The number of rotatable bonds is 5. The van der Waals surface area contributed by atoms with Gasteiger partial charge in [0, 0.05) is 19.2 Å². The Hall–Kier alpha value is 0.137. The predicted octanol–water partition coefficient (Wildman–Crippen LogP) is 3.10. The van der Waals surface area contributed by atoms with Crippen LogP contribution in [-0.2, 0) is 4.43 Å². The normalized spacial score (nSPS) is 18.6. The second kappa shape index (κ2) is 4.56. The number of hydrogen-bond acceptors (Lipinski definition) is 2. The molecule has 1 saturated carbocycles. The van der Waals surface area contributed by atoms with E-state index in [4.69, 9.17) is 4.43 Å². The standard InChI is InChI=1S/C12H27NOSi/c1-12(2,3)15(5,6)14-10-9-13(4)11-7-8-11/h11H,7-10H2,1-6H3. The summed E-state index contributed by atoms with van der Waals surface area (Å²) >= 11 is 0. The number of likely N-dealkylation sites (N-methyl/N-ethyl adjacent to an activating group) is 1. The molecule has 0 saturated heterocycles. The van der Waals surface area contributed by atoms with Crippen LogP contribution in [0.15, 0.2) is 0 Å². The summed E-state index contributed by atoms with van der Waals surface area (Å²) in [5, 5.41) is 0.338. The van der Waals surface area contributed by atoms with Gasteiger partial charge < -0.3 is 9.33 Å². The average Bonchev–Trinajstić information content (AvgIpc) is 2.83. The van der Waals surface area contributed by atoms with E-state index < -0.39 is 8.32 Å². The van der Waals surface area contributed by atoms with Crippen LogP contribution >= 0.6 is 0 Å². The van der Waals surface area contributed by atoms with E-state index >= 15 is 0 Å². The monoisotopic (exact) mass is 229 g/mol. The molecule has 0 radical (unpaired) electrons. The van der Waals surface area contributed by atoms with E-state index in [0.29, 0.717) is 5.04 Å². The van der Waals surface area contributed by atoms with Crippen molar-refractivity contribution in [1.82, 2.24) is 4.90 Å². The Bertz CT molecular complexity index is 206. The third-order valence-corrected chi connectivity index (χ3v) is 8.42. The van der Waals surface area contributed by atoms with E-state index in [-0.39, 0.29) is 0 Å². The van der Waals surface area contributed by atoms with Gasteiger partial charge >= 0.3 is 0 Å². The summed E-state index contributed by atoms with van der Waals surface area (Å²) in [6.45, 7) is 13.5. The van der Waals surface area contributed by atoms with Crippen molar-refractivity contribution in [2.24, 2.45) is 0 Å². The van der Waals surface area contributed by atoms with Gasteiger partial charge in [0.1, 0.15) is 0 Å². The molecule has 1 aliphatic rings. The van der Waals surface area contributed by atoms with Crippen LogP contribution in [-0.4, -0.2) is 39.5 Å². The maximum Gasteiger partial charge on any atom is 0.192 e. The summed E-state index contributed by atoms with van der Waals surface area (Å²) in [6.07, 6.45) is 2.77. The van der Waals surface area contributed by atoms with Crippen LogP contribution < -0.4 is 0 Å². The van der Waals surface area contributed by atoms with E-state index in [2.05, 4.69) is 45.8 Å². The zero-order chi connectivity index (χ0) is 11.7. The number of nitrogens with zero attached hydrogens (tertiary/aromatic N) is 1. The van der Waals surface area contributed by atoms with Gasteiger partial charge in [-0.1, -0.05) is 20.8 Å². The molecule has 0 spiro atoms. The first-order chi connectivity index (χ1) is 6.74. The maximum atomic E-state index is 6.14. The molecular formula is C12H27NOSi. The van der Waals surface area contributed by atoms with Crippen molar-refractivity contribution in [2.45, 2.75) is 57.8 Å². The van der Waals surface area contributed by atoms with E-state index in [1.54, 1.807) is 0 Å². The molecule has 1 fully saturated rings. The highest BCUT2D eigenvalue weighted by Gasteiger charge is 2.37. The second-order valence-corrected chi connectivity index (χ2v) is 11.1. The lowest BCUT2D eigenvalue weighted by Gasteiger charge is -2.36. The highest BCUT2D eigenvalue weighted by Crippen LogP contribution is 2.36. The average molecular weight is 229 g/mol. The molecule has 0 bridgehead atoms. The molecule has 1 aliphatic carbocycles. The fourth-order valence-corrected chi connectivity index (χ4v) is 2.39. The van der Waals surface area contributed by atoms with Crippen LogP contribution in [0.4, 0.5) is 0 Å². The molecule has 1 rings (SSSR count). The summed E-state index contributed by atoms with van der Waals surface area (Å²) in [6, 6.07) is 0.855. The van der Waals surface area contributed by atoms with Gasteiger partial charge in [-0.25, -0.2) is 0 Å². The summed E-state index contributed by atoms with van der Waals surface area (Å²) in [5.74, 6) is 0. The van der Waals surface area contributed by atoms with Gasteiger partial charge in [-0.05, 0) is 38.0 Å². The van der Waals surface area contributed by atoms with Gasteiger partial charge in [0.05, 0.1) is 0 Å². The first kappa shape index (κ1) is 13.2. The van der Waals surface area contributed by atoms with Crippen LogP contribution in [0, 0.1) is 0 Å². The van der Waals surface area contributed by atoms with Crippen LogP contribution in [0.2, 0.25) is 18.1 Å². The second-order valence-electron chi connectivity index (χ2n) is 6.32. The predicted molar refractivity (Wildman–Crippen MR) is 68.8 cm³/mol. The van der Waals surface area contributed by atoms with Crippen molar-refractivity contribution in [3.63, 3.8) is 0 Å². The molecule has 2 nitrogen and oxygen atoms in total. The first-order valence-corrected chi connectivity index (χ1v) is 8.99. The fourth-order valence-electron chi connectivity index (χ4n) is 1.36. The fraction of sp³-hybridized carbons (Fsp3) is 1.00. The molecule has 0 unspecified atom stereocenters. The number of hydrogen-bond donors (Lipinski definition) is 0. The minimum absolute atomic E-state index is 0.338. The Kier molecular flexibility index (Phi) is 4.01. The van der Waals surface area contributed by atoms with Crippen molar-refractivity contribution in [1.29, 1.82) is 0 Å². The van der Waals surface area contributed by atoms with E-state index in [0.717, 1.165) is 19.2 Å². The Morgan fingerprint density at radius 1 is 1.27 bits per heavy atom. The molecule has 0 heterocycles. The zero-order valence-electron chi connectivity index (χ0n) is 11.3. The smallest absolute Gasteiger partial charge is 0.192 e. The molecule has 15 heavy (non-hydrogen) atoms. The molecule has 0 N–H and O–H groups in total. The Balaban J connectivity index is 2.23. The molecule has 0 aromatic carbocycles. The molecule has 0 aromatic rings. The minimum atomic E-state index is -1.51.